The minimum atomic E-state index is -0.473. The zero-order chi connectivity index (χ0) is 16.6. The zero-order valence-corrected chi connectivity index (χ0v) is 14.0. The average molecular weight is 320 g/mol. The van der Waals surface area contributed by atoms with Crippen LogP contribution in [0.15, 0.2) is 18.3 Å². The van der Waals surface area contributed by atoms with Crippen LogP contribution >= 0.6 is 0 Å². The van der Waals surface area contributed by atoms with Crippen LogP contribution in [-0.4, -0.2) is 34.0 Å². The Balaban J connectivity index is 0.00000208. The summed E-state index contributed by atoms with van der Waals surface area (Å²) in [4.78, 5) is 4.06. The summed E-state index contributed by atoms with van der Waals surface area (Å²) in [6.07, 6.45) is 1.83. The van der Waals surface area contributed by atoms with Gasteiger partial charge >= 0.3 is 0 Å². The topological polar surface area (TPSA) is 52.0 Å². The first-order valence-electron chi connectivity index (χ1n) is 8.06. The highest BCUT2D eigenvalue weighted by atomic mass is 19.1. The molecule has 3 rings (SSSR count). The normalized spacial score (nSPS) is 15.3. The number of halogens is 1. The van der Waals surface area contributed by atoms with Crippen LogP contribution in [0.4, 0.5) is 10.2 Å². The predicted octanol–water partition coefficient (Wildman–Crippen LogP) is 3.85. The minimum Gasteiger partial charge on any atom is -0.377 e. The Hall–Kier alpha value is -1.95. The van der Waals surface area contributed by atoms with Crippen LogP contribution < -0.4 is 5.32 Å². The van der Waals surface area contributed by atoms with E-state index in [2.05, 4.69) is 29.2 Å². The van der Waals surface area contributed by atoms with Crippen LogP contribution in [0.3, 0.4) is 0 Å². The van der Waals surface area contributed by atoms with Gasteiger partial charge in [-0.3, -0.25) is 4.68 Å². The highest BCUT2D eigenvalue weighted by Crippen LogP contribution is 2.34. The molecular weight excluding hydrogens is 295 g/mol. The molecule has 1 aliphatic heterocycles. The maximum Gasteiger partial charge on any atom is 0.224 e. The van der Waals surface area contributed by atoms with Crippen molar-refractivity contribution in [3.05, 3.63) is 29.8 Å². The lowest BCUT2D eigenvalue weighted by Gasteiger charge is -2.28. The van der Waals surface area contributed by atoms with Crippen molar-refractivity contribution >= 4 is 5.82 Å². The highest BCUT2D eigenvalue weighted by Gasteiger charge is 2.28. The molecule has 5 nitrogen and oxygen atoms in total. The summed E-state index contributed by atoms with van der Waals surface area (Å²) >= 11 is 0. The average Bonchev–Trinajstić information content (AvgIpc) is 2.80. The summed E-state index contributed by atoms with van der Waals surface area (Å²) in [6.45, 7) is 9.40. The fourth-order valence-electron chi connectivity index (χ4n) is 2.71. The van der Waals surface area contributed by atoms with Gasteiger partial charge in [0.15, 0.2) is 0 Å². The second-order valence-electron chi connectivity index (χ2n) is 6.57. The van der Waals surface area contributed by atoms with Gasteiger partial charge in [-0.15, -0.1) is 0 Å². The molecule has 0 amide bonds. The van der Waals surface area contributed by atoms with Crippen LogP contribution in [0.25, 0.3) is 11.3 Å². The Labute approximate surface area is 137 Å². The molecule has 1 N–H and O–H groups in total. The number of hydrogen-bond donors (Lipinski definition) is 1. The van der Waals surface area contributed by atoms with Crippen LogP contribution in [0, 0.1) is 5.95 Å². The van der Waals surface area contributed by atoms with Crippen molar-refractivity contribution in [3.8, 4) is 11.3 Å². The molecule has 0 bridgehead atoms. The molecule has 1 fully saturated rings. The second kappa shape index (κ2) is 6.28. The molecule has 6 heteroatoms. The third kappa shape index (κ3) is 3.08. The minimum absolute atomic E-state index is 0. The molecule has 0 atom stereocenters. The van der Waals surface area contributed by atoms with Crippen molar-refractivity contribution in [2.45, 2.75) is 45.7 Å². The van der Waals surface area contributed by atoms with E-state index in [1.807, 2.05) is 30.8 Å². The zero-order valence-electron chi connectivity index (χ0n) is 14.0. The van der Waals surface area contributed by atoms with Crippen molar-refractivity contribution in [1.29, 1.82) is 0 Å². The number of nitrogens with zero attached hydrogens (tertiary/aromatic N) is 3. The highest BCUT2D eigenvalue weighted by molar-refractivity contribution is 5.65. The van der Waals surface area contributed by atoms with Gasteiger partial charge in [-0.05, 0) is 31.9 Å². The number of rotatable bonds is 5. The van der Waals surface area contributed by atoms with Crippen LogP contribution in [0.5, 0.6) is 0 Å². The lowest BCUT2D eigenvalue weighted by molar-refractivity contribution is -0.0279. The Morgan fingerprint density at radius 2 is 2.04 bits per heavy atom. The summed E-state index contributed by atoms with van der Waals surface area (Å²) in [7, 11) is 0. The van der Waals surface area contributed by atoms with Crippen LogP contribution in [0.1, 0.15) is 46.6 Å². The van der Waals surface area contributed by atoms with Crippen LogP contribution in [-0.2, 0) is 4.74 Å². The fraction of sp³-hybridized carbons (Fsp3) is 0.529. The summed E-state index contributed by atoms with van der Waals surface area (Å²) in [5, 5.41) is 7.60. The Bertz CT molecular complexity index is 698. The van der Waals surface area contributed by atoms with E-state index >= 15 is 0 Å². The number of ether oxygens (including phenoxy) is 1. The van der Waals surface area contributed by atoms with Crippen molar-refractivity contribution < 1.29 is 10.6 Å². The molecule has 0 spiro atoms. The monoisotopic (exact) mass is 320 g/mol. The van der Waals surface area contributed by atoms with E-state index < -0.39 is 5.95 Å². The van der Waals surface area contributed by atoms with Gasteiger partial charge in [-0.2, -0.15) is 9.49 Å². The van der Waals surface area contributed by atoms with Gasteiger partial charge in [0.25, 0.3) is 0 Å². The van der Waals surface area contributed by atoms with Crippen molar-refractivity contribution in [3.63, 3.8) is 0 Å². The molecule has 126 valence electrons. The number of nitrogens with one attached hydrogen (secondary N) is 1. The molecule has 2 aromatic rings. The van der Waals surface area contributed by atoms with Crippen molar-refractivity contribution in [2.75, 3.05) is 18.5 Å². The maximum atomic E-state index is 14.6. The molecule has 0 saturated carbocycles. The van der Waals surface area contributed by atoms with E-state index in [-0.39, 0.29) is 19.4 Å². The van der Waals surface area contributed by atoms with E-state index in [0.717, 1.165) is 11.3 Å². The first-order chi connectivity index (χ1) is 11.0. The van der Waals surface area contributed by atoms with E-state index in [4.69, 9.17) is 4.74 Å². The number of hydrogen-bond acceptors (Lipinski definition) is 4. The predicted molar refractivity (Wildman–Crippen MR) is 90.2 cm³/mol. The lowest BCUT2D eigenvalue weighted by atomic mass is 9.99. The molecule has 1 aliphatic rings. The SMILES string of the molecule is CC(C)Nc1ccc(-c2c(C(C)C)cnn2C2COC2)c(F)n1.[HH]. The third-order valence-corrected chi connectivity index (χ3v) is 3.95. The molecule has 3 heterocycles. The maximum absolute atomic E-state index is 14.6. The Morgan fingerprint density at radius 3 is 2.57 bits per heavy atom. The fourth-order valence-corrected chi connectivity index (χ4v) is 2.71. The van der Waals surface area contributed by atoms with Crippen molar-refractivity contribution in [1.82, 2.24) is 14.8 Å². The molecule has 0 aromatic carbocycles. The van der Waals surface area contributed by atoms with Gasteiger partial charge in [0.2, 0.25) is 5.95 Å². The molecule has 2 aromatic heterocycles. The second-order valence-corrected chi connectivity index (χ2v) is 6.57. The van der Waals surface area contributed by atoms with Gasteiger partial charge in [0, 0.05) is 13.0 Å². The van der Waals surface area contributed by atoms with E-state index in [1.54, 1.807) is 6.07 Å². The van der Waals surface area contributed by atoms with Crippen LogP contribution in [0.2, 0.25) is 0 Å². The summed E-state index contributed by atoms with van der Waals surface area (Å²) < 4.78 is 21.8. The first-order valence-corrected chi connectivity index (χ1v) is 8.06. The molecular formula is C17H25FN4O. The van der Waals surface area contributed by atoms with Gasteiger partial charge in [0.05, 0.1) is 36.7 Å². The largest absolute Gasteiger partial charge is 0.377 e. The standard InChI is InChI=1S/C17H23FN4O.H2/c1-10(2)14-7-19-22(12-8-23-9-12)16(14)13-5-6-15(20-11(3)4)21-17(13)18;/h5-7,10-12H,8-9H2,1-4H3,(H,20,21);1H. The molecule has 23 heavy (non-hydrogen) atoms. The van der Waals surface area contributed by atoms with E-state index in [1.165, 1.54) is 0 Å². The molecule has 0 aliphatic carbocycles. The smallest absolute Gasteiger partial charge is 0.224 e. The molecule has 0 radical (unpaired) electrons. The quantitative estimate of drug-likeness (QED) is 0.850. The van der Waals surface area contributed by atoms with E-state index in [0.29, 0.717) is 24.6 Å². The molecule has 0 unspecified atom stereocenters. The van der Waals surface area contributed by atoms with E-state index in [9.17, 15) is 4.39 Å². The number of aromatic nitrogens is 3. The first kappa shape index (κ1) is 15.9. The van der Waals surface area contributed by atoms with Gasteiger partial charge in [-0.25, -0.2) is 4.98 Å². The summed E-state index contributed by atoms with van der Waals surface area (Å²) in [5.74, 6) is 0.331. The van der Waals surface area contributed by atoms with Crippen molar-refractivity contribution in [2.24, 2.45) is 0 Å². The number of pyridine rings is 1. The number of anilines is 1. The summed E-state index contributed by atoms with van der Waals surface area (Å²) in [6, 6.07) is 3.98. The van der Waals surface area contributed by atoms with Gasteiger partial charge in [0.1, 0.15) is 5.82 Å². The van der Waals surface area contributed by atoms with Gasteiger partial charge in [-0.1, -0.05) is 13.8 Å². The lowest BCUT2D eigenvalue weighted by Crippen LogP contribution is -2.32. The Morgan fingerprint density at radius 1 is 1.30 bits per heavy atom. The molecule has 1 saturated heterocycles. The third-order valence-electron chi connectivity index (χ3n) is 3.95. The van der Waals surface area contributed by atoms with Gasteiger partial charge < -0.3 is 10.1 Å². The summed E-state index contributed by atoms with van der Waals surface area (Å²) in [5.41, 5.74) is 2.34. The Kier molecular flexibility index (Phi) is 4.35.